The van der Waals surface area contributed by atoms with Crippen LogP contribution in [0.15, 0.2) is 36.4 Å². The number of carbonyl (C=O) groups is 1. The van der Waals surface area contributed by atoms with Crippen molar-refractivity contribution in [1.29, 1.82) is 0 Å². The van der Waals surface area contributed by atoms with Crippen LogP contribution < -0.4 is 4.90 Å². The highest BCUT2D eigenvalue weighted by Crippen LogP contribution is 2.19. The second-order valence-electron chi connectivity index (χ2n) is 4.30. The van der Waals surface area contributed by atoms with Gasteiger partial charge in [-0.3, -0.25) is 4.79 Å². The minimum absolute atomic E-state index is 0.0729. The van der Waals surface area contributed by atoms with Gasteiger partial charge in [-0.2, -0.15) is 0 Å². The van der Waals surface area contributed by atoms with Crippen molar-refractivity contribution in [2.24, 2.45) is 7.05 Å². The van der Waals surface area contributed by atoms with Crippen LogP contribution in [0, 0.1) is 6.92 Å². The summed E-state index contributed by atoms with van der Waals surface area (Å²) in [6, 6.07) is 10.3. The number of aryl methyl sites for hydroxylation is 1. The average molecular weight is 244 g/mol. The normalized spacial score (nSPS) is 10.4. The maximum Gasteiger partial charge on any atom is 0.274 e. The third-order valence-electron chi connectivity index (χ3n) is 3.13. The molecule has 18 heavy (non-hydrogen) atoms. The molecule has 0 saturated heterocycles. The molecule has 0 unspecified atom stereocenters. The number of phenols is 1. The van der Waals surface area contributed by atoms with Crippen LogP contribution in [0.3, 0.4) is 0 Å². The van der Waals surface area contributed by atoms with Crippen LogP contribution in [0.5, 0.6) is 5.75 Å². The van der Waals surface area contributed by atoms with Crippen LogP contribution in [-0.2, 0) is 7.05 Å². The second kappa shape index (κ2) is 4.56. The molecule has 0 atom stereocenters. The quantitative estimate of drug-likeness (QED) is 0.881. The lowest BCUT2D eigenvalue weighted by molar-refractivity contribution is 0.0985. The van der Waals surface area contributed by atoms with Crippen molar-refractivity contribution in [2.45, 2.75) is 6.92 Å². The first-order valence-electron chi connectivity index (χ1n) is 5.70. The van der Waals surface area contributed by atoms with E-state index in [1.165, 1.54) is 0 Å². The van der Waals surface area contributed by atoms with Gasteiger partial charge < -0.3 is 14.6 Å². The van der Waals surface area contributed by atoms with Gasteiger partial charge in [0.2, 0.25) is 0 Å². The van der Waals surface area contributed by atoms with E-state index in [0.717, 1.165) is 11.4 Å². The number of nitrogens with zero attached hydrogens (tertiary/aromatic N) is 2. The summed E-state index contributed by atoms with van der Waals surface area (Å²) in [4.78, 5) is 13.9. The van der Waals surface area contributed by atoms with Gasteiger partial charge in [-0.15, -0.1) is 0 Å². The topological polar surface area (TPSA) is 45.5 Å². The van der Waals surface area contributed by atoms with E-state index in [9.17, 15) is 9.90 Å². The number of carbonyl (C=O) groups excluding carboxylic acids is 1. The molecule has 1 aromatic heterocycles. The zero-order chi connectivity index (χ0) is 13.3. The highest BCUT2D eigenvalue weighted by molar-refractivity contribution is 6.04. The molecule has 94 valence electrons. The number of aromatic hydroxyl groups is 1. The van der Waals surface area contributed by atoms with Gasteiger partial charge in [0.25, 0.3) is 5.91 Å². The standard InChI is InChI=1S/C14H16N2O2/c1-10-4-9-13(15(10)2)14(18)16(3)11-5-7-12(17)8-6-11/h4-9,17H,1-3H3. The van der Waals surface area contributed by atoms with Crippen LogP contribution in [0.25, 0.3) is 0 Å². The molecule has 4 nitrogen and oxygen atoms in total. The van der Waals surface area contributed by atoms with E-state index in [-0.39, 0.29) is 11.7 Å². The molecule has 1 heterocycles. The second-order valence-corrected chi connectivity index (χ2v) is 4.30. The number of hydrogen-bond donors (Lipinski definition) is 1. The Morgan fingerprint density at radius 2 is 1.78 bits per heavy atom. The molecule has 0 bridgehead atoms. The summed E-state index contributed by atoms with van der Waals surface area (Å²) in [5, 5.41) is 9.23. The first-order chi connectivity index (χ1) is 8.50. The van der Waals surface area contributed by atoms with Crippen molar-refractivity contribution >= 4 is 11.6 Å². The lowest BCUT2D eigenvalue weighted by Crippen LogP contribution is -2.28. The molecule has 2 aromatic rings. The highest BCUT2D eigenvalue weighted by Gasteiger charge is 2.16. The van der Waals surface area contributed by atoms with Crippen molar-refractivity contribution in [3.8, 4) is 5.75 Å². The van der Waals surface area contributed by atoms with Gasteiger partial charge in [0.05, 0.1) is 0 Å². The van der Waals surface area contributed by atoms with Gasteiger partial charge in [-0.1, -0.05) is 0 Å². The predicted molar refractivity (Wildman–Crippen MR) is 71.0 cm³/mol. The Kier molecular flexibility index (Phi) is 3.10. The number of benzene rings is 1. The maximum atomic E-state index is 12.3. The van der Waals surface area contributed by atoms with Crippen LogP contribution in [0.4, 0.5) is 5.69 Å². The highest BCUT2D eigenvalue weighted by atomic mass is 16.3. The number of rotatable bonds is 2. The van der Waals surface area contributed by atoms with Crippen LogP contribution in [0.2, 0.25) is 0 Å². The van der Waals surface area contributed by atoms with Gasteiger partial charge in [-0.05, 0) is 43.3 Å². The van der Waals surface area contributed by atoms with Gasteiger partial charge in [0.15, 0.2) is 0 Å². The van der Waals surface area contributed by atoms with Crippen LogP contribution in [0.1, 0.15) is 16.2 Å². The van der Waals surface area contributed by atoms with E-state index in [1.807, 2.05) is 30.7 Å². The summed E-state index contributed by atoms with van der Waals surface area (Å²) in [6.07, 6.45) is 0. The minimum Gasteiger partial charge on any atom is -0.508 e. The predicted octanol–water partition coefficient (Wildman–Crippen LogP) is 2.32. The van der Waals surface area contributed by atoms with Gasteiger partial charge in [0.1, 0.15) is 11.4 Å². The molecule has 1 N–H and O–H groups in total. The Balaban J connectivity index is 2.29. The van der Waals surface area contributed by atoms with Gasteiger partial charge >= 0.3 is 0 Å². The van der Waals surface area contributed by atoms with Gasteiger partial charge in [0, 0.05) is 25.5 Å². The Hall–Kier alpha value is -2.23. The molecule has 0 spiro atoms. The third kappa shape index (κ3) is 2.09. The number of amides is 1. The lowest BCUT2D eigenvalue weighted by Gasteiger charge is -2.18. The minimum atomic E-state index is -0.0729. The van der Waals surface area contributed by atoms with E-state index >= 15 is 0 Å². The first-order valence-corrected chi connectivity index (χ1v) is 5.70. The Bertz CT molecular complexity index is 570. The van der Waals surface area contributed by atoms with Gasteiger partial charge in [-0.25, -0.2) is 0 Å². The molecule has 1 aromatic carbocycles. The van der Waals surface area contributed by atoms with Crippen molar-refractivity contribution in [2.75, 3.05) is 11.9 Å². The molecule has 0 radical (unpaired) electrons. The Morgan fingerprint density at radius 3 is 2.28 bits per heavy atom. The molecule has 0 aliphatic heterocycles. The number of aromatic nitrogens is 1. The fourth-order valence-electron chi connectivity index (χ4n) is 1.79. The molecule has 0 aliphatic carbocycles. The molecular weight excluding hydrogens is 228 g/mol. The molecular formula is C14H16N2O2. The third-order valence-corrected chi connectivity index (χ3v) is 3.13. The summed E-state index contributed by atoms with van der Waals surface area (Å²) in [6.45, 7) is 1.96. The first kappa shape index (κ1) is 12.2. The molecule has 4 heteroatoms. The summed E-state index contributed by atoms with van der Waals surface area (Å²) >= 11 is 0. The summed E-state index contributed by atoms with van der Waals surface area (Å²) in [5.74, 6) is 0.116. The smallest absolute Gasteiger partial charge is 0.274 e. The Labute approximate surface area is 106 Å². The molecule has 0 saturated carbocycles. The van der Waals surface area contributed by atoms with E-state index in [0.29, 0.717) is 5.69 Å². The molecule has 2 rings (SSSR count). The zero-order valence-electron chi connectivity index (χ0n) is 10.7. The largest absolute Gasteiger partial charge is 0.508 e. The van der Waals surface area contributed by atoms with Crippen molar-refractivity contribution < 1.29 is 9.90 Å². The molecule has 1 amide bonds. The van der Waals surface area contributed by atoms with Crippen molar-refractivity contribution in [3.05, 3.63) is 47.8 Å². The lowest BCUT2D eigenvalue weighted by atomic mass is 10.2. The fraction of sp³-hybridized carbons (Fsp3) is 0.214. The molecule has 0 fully saturated rings. The summed E-state index contributed by atoms with van der Waals surface area (Å²) in [7, 11) is 3.59. The maximum absolute atomic E-state index is 12.3. The summed E-state index contributed by atoms with van der Waals surface area (Å²) in [5.41, 5.74) is 2.43. The van der Waals surface area contributed by atoms with Crippen LogP contribution >= 0.6 is 0 Å². The fourth-order valence-corrected chi connectivity index (χ4v) is 1.79. The van der Waals surface area contributed by atoms with E-state index in [4.69, 9.17) is 0 Å². The number of anilines is 1. The molecule has 0 aliphatic rings. The van der Waals surface area contributed by atoms with E-state index < -0.39 is 0 Å². The van der Waals surface area contributed by atoms with E-state index in [1.54, 1.807) is 36.2 Å². The van der Waals surface area contributed by atoms with Crippen molar-refractivity contribution in [1.82, 2.24) is 4.57 Å². The number of phenolic OH excluding ortho intramolecular Hbond substituents is 1. The average Bonchev–Trinajstić information content (AvgIpc) is 2.69. The SMILES string of the molecule is Cc1ccc(C(=O)N(C)c2ccc(O)cc2)n1C. The monoisotopic (exact) mass is 244 g/mol. The Morgan fingerprint density at radius 1 is 1.17 bits per heavy atom. The summed E-state index contributed by atoms with van der Waals surface area (Å²) < 4.78 is 1.86. The van der Waals surface area contributed by atoms with E-state index in [2.05, 4.69) is 0 Å². The number of hydrogen-bond acceptors (Lipinski definition) is 2. The zero-order valence-corrected chi connectivity index (χ0v) is 10.7. The van der Waals surface area contributed by atoms with Crippen molar-refractivity contribution in [3.63, 3.8) is 0 Å². The van der Waals surface area contributed by atoms with Crippen LogP contribution in [-0.4, -0.2) is 22.6 Å².